The molecule has 3 aromatic heterocycles. The van der Waals surface area contributed by atoms with Gasteiger partial charge >= 0.3 is 0 Å². The molecule has 0 unspecified atom stereocenters. The van der Waals surface area contributed by atoms with Crippen LogP contribution < -0.4 is 5.32 Å². The van der Waals surface area contributed by atoms with Crippen LogP contribution in [0.1, 0.15) is 42.1 Å². The van der Waals surface area contributed by atoms with Crippen LogP contribution in [0.3, 0.4) is 0 Å². The van der Waals surface area contributed by atoms with E-state index in [0.717, 1.165) is 48.4 Å². The highest BCUT2D eigenvalue weighted by atomic mass is 16.2. The molecular formula is C26H28N6O. The average Bonchev–Trinajstić information content (AvgIpc) is 3.26. The van der Waals surface area contributed by atoms with Crippen molar-refractivity contribution in [1.82, 2.24) is 24.8 Å². The first-order valence-corrected chi connectivity index (χ1v) is 11.5. The number of H-pyrrole nitrogens is 1. The Balaban J connectivity index is 1.25. The number of rotatable bonds is 6. The molecular weight excluding hydrogens is 412 g/mol. The second-order valence-corrected chi connectivity index (χ2v) is 8.68. The smallest absolute Gasteiger partial charge is 0.222 e. The zero-order chi connectivity index (χ0) is 22.6. The van der Waals surface area contributed by atoms with Crippen LogP contribution in [-0.2, 0) is 11.2 Å². The molecule has 168 valence electrons. The molecule has 0 spiro atoms. The monoisotopic (exact) mass is 440 g/mol. The van der Waals surface area contributed by atoms with Crippen molar-refractivity contribution in [3.63, 3.8) is 0 Å². The summed E-state index contributed by atoms with van der Waals surface area (Å²) in [5.41, 5.74) is 5.24. The lowest BCUT2D eigenvalue weighted by Crippen LogP contribution is -2.39. The molecule has 7 heteroatoms. The second kappa shape index (κ2) is 9.40. The zero-order valence-electron chi connectivity index (χ0n) is 18.8. The Labute approximate surface area is 193 Å². The van der Waals surface area contributed by atoms with Crippen molar-refractivity contribution in [2.45, 2.75) is 38.5 Å². The summed E-state index contributed by atoms with van der Waals surface area (Å²) in [6.07, 6.45) is 10.3. The summed E-state index contributed by atoms with van der Waals surface area (Å²) in [6, 6.07) is 12.3. The average molecular weight is 441 g/mol. The molecule has 1 aromatic carbocycles. The van der Waals surface area contributed by atoms with E-state index in [0.29, 0.717) is 18.8 Å². The van der Waals surface area contributed by atoms with Crippen molar-refractivity contribution in [3.05, 3.63) is 78.1 Å². The van der Waals surface area contributed by atoms with Gasteiger partial charge in [0, 0.05) is 72.0 Å². The molecule has 1 amide bonds. The molecule has 1 fully saturated rings. The summed E-state index contributed by atoms with van der Waals surface area (Å²) < 4.78 is 0. The number of hydrogen-bond donors (Lipinski definition) is 2. The van der Waals surface area contributed by atoms with Gasteiger partial charge in [-0.3, -0.25) is 14.8 Å². The van der Waals surface area contributed by atoms with E-state index in [-0.39, 0.29) is 11.8 Å². The van der Waals surface area contributed by atoms with E-state index < -0.39 is 0 Å². The van der Waals surface area contributed by atoms with Crippen molar-refractivity contribution < 1.29 is 4.79 Å². The molecule has 2 N–H and O–H groups in total. The number of piperidine rings is 1. The van der Waals surface area contributed by atoms with Crippen molar-refractivity contribution >= 4 is 28.3 Å². The van der Waals surface area contributed by atoms with E-state index in [1.54, 1.807) is 18.6 Å². The Hall–Kier alpha value is -3.74. The highest BCUT2D eigenvalue weighted by molar-refractivity contribution is 5.84. The molecule has 1 atom stereocenters. The first kappa shape index (κ1) is 21.1. The lowest BCUT2D eigenvalue weighted by Gasteiger charge is -2.33. The third-order valence-corrected chi connectivity index (χ3v) is 6.28. The maximum atomic E-state index is 13.0. The van der Waals surface area contributed by atoms with Crippen molar-refractivity contribution in [2.24, 2.45) is 0 Å². The van der Waals surface area contributed by atoms with E-state index in [9.17, 15) is 4.79 Å². The Morgan fingerprint density at radius 1 is 1.24 bits per heavy atom. The summed E-state index contributed by atoms with van der Waals surface area (Å²) >= 11 is 0. The maximum Gasteiger partial charge on any atom is 0.222 e. The van der Waals surface area contributed by atoms with Gasteiger partial charge in [0.2, 0.25) is 5.91 Å². The largest absolute Gasteiger partial charge is 0.361 e. The molecule has 33 heavy (non-hydrogen) atoms. The van der Waals surface area contributed by atoms with Gasteiger partial charge in [-0.1, -0.05) is 18.2 Å². The highest BCUT2D eigenvalue weighted by Gasteiger charge is 2.26. The highest BCUT2D eigenvalue weighted by Crippen LogP contribution is 2.29. The third kappa shape index (κ3) is 4.87. The predicted molar refractivity (Wildman–Crippen MR) is 129 cm³/mol. The molecule has 0 bridgehead atoms. The van der Waals surface area contributed by atoms with Gasteiger partial charge in [0.25, 0.3) is 0 Å². The number of hydrogen-bond acceptors (Lipinski definition) is 5. The second-order valence-electron chi connectivity index (χ2n) is 8.68. The van der Waals surface area contributed by atoms with E-state index in [1.165, 1.54) is 10.9 Å². The van der Waals surface area contributed by atoms with E-state index >= 15 is 0 Å². The predicted octanol–water partition coefficient (Wildman–Crippen LogP) is 4.74. The number of aromatic nitrogens is 4. The number of para-hydroxylation sites is 1. The summed E-state index contributed by atoms with van der Waals surface area (Å²) in [5, 5.41) is 4.51. The Morgan fingerprint density at radius 2 is 2.15 bits per heavy atom. The van der Waals surface area contributed by atoms with Crippen molar-refractivity contribution in [2.75, 3.05) is 18.4 Å². The summed E-state index contributed by atoms with van der Waals surface area (Å²) in [5.74, 6) is 1.15. The van der Waals surface area contributed by atoms with Crippen LogP contribution in [0.25, 0.3) is 10.9 Å². The lowest BCUT2D eigenvalue weighted by atomic mass is 9.93. The van der Waals surface area contributed by atoms with Gasteiger partial charge in [-0.25, -0.2) is 4.98 Å². The number of aromatic amines is 1. The number of anilines is 2. The minimum absolute atomic E-state index is 0.218. The molecule has 4 heterocycles. The van der Waals surface area contributed by atoms with Gasteiger partial charge in [-0.2, -0.15) is 0 Å². The molecule has 4 aromatic rings. The topological polar surface area (TPSA) is 86.8 Å². The number of amides is 1. The Morgan fingerprint density at radius 3 is 3.03 bits per heavy atom. The fourth-order valence-electron chi connectivity index (χ4n) is 4.67. The third-order valence-electron chi connectivity index (χ3n) is 6.28. The van der Waals surface area contributed by atoms with E-state index in [4.69, 9.17) is 4.98 Å². The van der Waals surface area contributed by atoms with Crippen LogP contribution in [0.15, 0.2) is 61.2 Å². The van der Waals surface area contributed by atoms with Crippen LogP contribution in [-0.4, -0.2) is 43.8 Å². The van der Waals surface area contributed by atoms with Gasteiger partial charge in [0.15, 0.2) is 0 Å². The fourth-order valence-corrected chi connectivity index (χ4v) is 4.67. The van der Waals surface area contributed by atoms with Gasteiger partial charge in [-0.15, -0.1) is 0 Å². The number of carbonyl (C=O) groups excluding carboxylic acids is 1. The number of carbonyl (C=O) groups is 1. The fraction of sp³-hybridized carbons (Fsp3) is 0.308. The van der Waals surface area contributed by atoms with Crippen molar-refractivity contribution in [3.8, 4) is 0 Å². The van der Waals surface area contributed by atoms with Crippen molar-refractivity contribution in [1.29, 1.82) is 0 Å². The van der Waals surface area contributed by atoms with Gasteiger partial charge in [0.1, 0.15) is 5.82 Å². The minimum Gasteiger partial charge on any atom is -0.361 e. The number of nitrogens with zero attached hydrogens (tertiary/aromatic N) is 4. The first-order chi connectivity index (χ1) is 16.2. The first-order valence-electron chi connectivity index (χ1n) is 11.5. The molecule has 1 saturated heterocycles. The van der Waals surface area contributed by atoms with Crippen LogP contribution in [0.5, 0.6) is 0 Å². The quantitative estimate of drug-likeness (QED) is 0.452. The molecule has 1 aliphatic heterocycles. The molecule has 0 aliphatic carbocycles. The number of fused-ring (bicyclic) bond motifs is 1. The number of nitrogens with one attached hydrogen (secondary N) is 2. The van der Waals surface area contributed by atoms with Crippen LogP contribution in [0, 0.1) is 6.92 Å². The maximum absolute atomic E-state index is 13.0. The molecule has 0 saturated carbocycles. The van der Waals surface area contributed by atoms with Gasteiger partial charge < -0.3 is 15.2 Å². The van der Waals surface area contributed by atoms with E-state index in [2.05, 4.69) is 38.5 Å². The SMILES string of the molecule is Cc1cc(Nc2cnccn2)cc([C@H]2CCCN(C(=O)CCc3c[nH]c4ccccc34)C2)n1. The Kier molecular flexibility index (Phi) is 6.02. The standard InChI is InChI=1S/C26H28N6O/c1-18-13-21(31-25-16-27-10-11-28-25)14-24(30-18)20-5-4-12-32(17-20)26(33)9-8-19-15-29-23-7-3-2-6-22(19)23/h2-3,6-7,10-11,13-16,20,29H,4-5,8-9,12,17H2,1H3,(H,28,30,31)/t20-/m0/s1. The van der Waals surface area contributed by atoms with Crippen LogP contribution >= 0.6 is 0 Å². The molecule has 5 rings (SSSR count). The summed E-state index contributed by atoms with van der Waals surface area (Å²) in [6.45, 7) is 3.53. The van der Waals surface area contributed by atoms with Gasteiger partial charge in [-0.05, 0) is 49.9 Å². The lowest BCUT2D eigenvalue weighted by molar-refractivity contribution is -0.132. The number of benzene rings is 1. The van der Waals surface area contributed by atoms with E-state index in [1.807, 2.05) is 36.2 Å². The van der Waals surface area contributed by atoms with Crippen LogP contribution in [0.4, 0.5) is 11.5 Å². The summed E-state index contributed by atoms with van der Waals surface area (Å²) in [7, 11) is 0. The molecule has 1 aliphatic rings. The normalized spacial score (nSPS) is 16.2. The zero-order valence-corrected chi connectivity index (χ0v) is 18.8. The number of likely N-dealkylation sites (tertiary alicyclic amines) is 1. The number of aryl methyl sites for hydroxylation is 2. The number of pyridine rings is 1. The van der Waals surface area contributed by atoms with Crippen LogP contribution in [0.2, 0.25) is 0 Å². The minimum atomic E-state index is 0.218. The molecule has 7 nitrogen and oxygen atoms in total. The summed E-state index contributed by atoms with van der Waals surface area (Å²) in [4.78, 5) is 31.6. The Bertz CT molecular complexity index is 1250. The molecule has 0 radical (unpaired) electrons. The van der Waals surface area contributed by atoms with Gasteiger partial charge in [0.05, 0.1) is 6.20 Å².